The van der Waals surface area contributed by atoms with Gasteiger partial charge in [0.15, 0.2) is 5.96 Å². The average Bonchev–Trinajstić information content (AvgIpc) is 3.40. The van der Waals surface area contributed by atoms with Gasteiger partial charge < -0.3 is 15.1 Å². The van der Waals surface area contributed by atoms with E-state index in [2.05, 4.69) is 58.7 Å². The van der Waals surface area contributed by atoms with E-state index >= 15 is 0 Å². The Kier molecular flexibility index (Phi) is 10.7. The molecule has 2 atom stereocenters. The van der Waals surface area contributed by atoms with Crippen LogP contribution in [0, 0.1) is 19.8 Å². The van der Waals surface area contributed by atoms with Crippen molar-refractivity contribution in [1.29, 1.82) is 0 Å². The fraction of sp³-hybridized carbons (Fsp3) is 0.783. The van der Waals surface area contributed by atoms with E-state index < -0.39 is 0 Å². The van der Waals surface area contributed by atoms with Gasteiger partial charge in [-0.1, -0.05) is 6.92 Å². The van der Waals surface area contributed by atoms with Crippen molar-refractivity contribution >= 4 is 35.8 Å². The van der Waals surface area contributed by atoms with E-state index in [9.17, 15) is 4.79 Å². The van der Waals surface area contributed by atoms with Crippen LogP contribution in [0.25, 0.3) is 0 Å². The van der Waals surface area contributed by atoms with E-state index in [1.807, 2.05) is 11.8 Å². The zero-order valence-corrected chi connectivity index (χ0v) is 22.8. The highest BCUT2D eigenvalue weighted by atomic mass is 127. The number of aryl methyl sites for hydroxylation is 2. The van der Waals surface area contributed by atoms with Crippen LogP contribution in [0.3, 0.4) is 0 Å². The second-order valence-electron chi connectivity index (χ2n) is 9.14. The third-order valence-electron chi connectivity index (χ3n) is 6.41. The van der Waals surface area contributed by atoms with Crippen molar-refractivity contribution < 1.29 is 4.79 Å². The van der Waals surface area contributed by atoms with Crippen LogP contribution in [0.5, 0.6) is 0 Å². The smallest absolute Gasteiger partial charge is 0.239 e. The second-order valence-corrected chi connectivity index (χ2v) is 9.14. The summed E-state index contributed by atoms with van der Waals surface area (Å²) in [7, 11) is 0. The Morgan fingerprint density at radius 1 is 1.09 bits per heavy atom. The molecule has 3 heterocycles. The van der Waals surface area contributed by atoms with Gasteiger partial charge in [0.1, 0.15) is 0 Å². The molecule has 0 bridgehead atoms. The van der Waals surface area contributed by atoms with Crippen LogP contribution < -0.4 is 5.32 Å². The molecule has 0 radical (unpaired) electrons. The first kappa shape index (κ1) is 26.9. The number of hydrogen-bond donors (Lipinski definition) is 1. The minimum absolute atomic E-state index is 0. The van der Waals surface area contributed by atoms with Crippen molar-refractivity contribution in [1.82, 2.24) is 29.8 Å². The van der Waals surface area contributed by atoms with Gasteiger partial charge in [0.25, 0.3) is 0 Å². The van der Waals surface area contributed by atoms with Gasteiger partial charge in [0, 0.05) is 64.6 Å². The van der Waals surface area contributed by atoms with E-state index in [1.165, 1.54) is 5.69 Å². The van der Waals surface area contributed by atoms with Crippen molar-refractivity contribution in [2.45, 2.75) is 60.0 Å². The van der Waals surface area contributed by atoms with Crippen LogP contribution in [-0.2, 0) is 11.3 Å². The van der Waals surface area contributed by atoms with Gasteiger partial charge in [0.05, 0.1) is 11.7 Å². The number of guanidine groups is 1. The minimum atomic E-state index is -0.0273. The number of nitrogens with zero attached hydrogens (tertiary/aromatic N) is 6. The number of carbonyl (C=O) groups excluding carboxylic acids is 1. The molecule has 2 aliphatic rings. The van der Waals surface area contributed by atoms with Crippen LogP contribution in [0.2, 0.25) is 0 Å². The number of halogens is 1. The third kappa shape index (κ3) is 7.07. The van der Waals surface area contributed by atoms with E-state index in [1.54, 1.807) is 0 Å². The lowest BCUT2D eigenvalue weighted by Gasteiger charge is -2.39. The molecule has 1 amide bonds. The Balaban J connectivity index is 0.00000363. The molecule has 1 aromatic heterocycles. The van der Waals surface area contributed by atoms with Crippen molar-refractivity contribution in [2.75, 3.05) is 52.4 Å². The first-order chi connectivity index (χ1) is 14.9. The van der Waals surface area contributed by atoms with Crippen LogP contribution in [0.4, 0.5) is 0 Å². The predicted octanol–water partition coefficient (Wildman–Crippen LogP) is 2.35. The summed E-state index contributed by atoms with van der Waals surface area (Å²) >= 11 is 0. The fourth-order valence-corrected chi connectivity index (χ4v) is 4.56. The highest BCUT2D eigenvalue weighted by Gasteiger charge is 2.30. The molecule has 182 valence electrons. The summed E-state index contributed by atoms with van der Waals surface area (Å²) in [4.78, 5) is 24.4. The summed E-state index contributed by atoms with van der Waals surface area (Å²) in [6.07, 6.45) is 2.29. The van der Waals surface area contributed by atoms with Gasteiger partial charge in [-0.2, -0.15) is 5.10 Å². The molecule has 0 saturated carbocycles. The largest absolute Gasteiger partial charge is 0.357 e. The topological polar surface area (TPSA) is 69.0 Å². The number of nitrogens with one attached hydrogen (secondary N) is 1. The Morgan fingerprint density at radius 2 is 1.75 bits per heavy atom. The maximum absolute atomic E-state index is 12.7. The monoisotopic (exact) mass is 559 g/mol. The highest BCUT2D eigenvalue weighted by molar-refractivity contribution is 14.0. The number of likely N-dealkylation sites (tertiary alicyclic amines) is 1. The summed E-state index contributed by atoms with van der Waals surface area (Å²) in [6, 6.07) is 2.09. The van der Waals surface area contributed by atoms with E-state index in [4.69, 9.17) is 4.99 Å². The van der Waals surface area contributed by atoms with Crippen LogP contribution in [0.1, 0.15) is 45.0 Å². The number of amides is 1. The first-order valence-corrected chi connectivity index (χ1v) is 12.0. The van der Waals surface area contributed by atoms with Gasteiger partial charge >= 0.3 is 0 Å². The Labute approximate surface area is 210 Å². The molecule has 2 unspecified atom stereocenters. The molecule has 0 aromatic carbocycles. The van der Waals surface area contributed by atoms with Crippen LogP contribution in [-0.4, -0.2) is 94.7 Å². The van der Waals surface area contributed by atoms with Gasteiger partial charge in [0.2, 0.25) is 5.91 Å². The lowest BCUT2D eigenvalue weighted by Crippen LogP contribution is -2.57. The predicted molar refractivity (Wildman–Crippen MR) is 141 cm³/mol. The molecule has 9 heteroatoms. The number of aliphatic imine (C=N–C) groups is 1. The molecule has 1 N–H and O–H groups in total. The number of rotatable bonds is 7. The maximum atomic E-state index is 12.7. The van der Waals surface area contributed by atoms with E-state index in [-0.39, 0.29) is 30.0 Å². The third-order valence-corrected chi connectivity index (χ3v) is 6.41. The molecule has 0 aliphatic carbocycles. The van der Waals surface area contributed by atoms with Crippen molar-refractivity contribution in [3.05, 3.63) is 17.5 Å². The summed E-state index contributed by atoms with van der Waals surface area (Å²) in [5.41, 5.74) is 2.27. The molecule has 3 rings (SSSR count). The van der Waals surface area contributed by atoms with Gasteiger partial charge in [-0.15, -0.1) is 24.0 Å². The molecule has 2 aliphatic heterocycles. The molecule has 32 heavy (non-hydrogen) atoms. The lowest BCUT2D eigenvalue weighted by molar-refractivity contribution is -0.135. The summed E-state index contributed by atoms with van der Waals surface area (Å²) in [5, 5.41) is 8.04. The number of carbonyl (C=O) groups is 1. The fourth-order valence-electron chi connectivity index (χ4n) is 4.56. The second kappa shape index (κ2) is 12.8. The Bertz CT molecular complexity index is 752. The number of aromatic nitrogens is 2. The Hall–Kier alpha value is -1.36. The van der Waals surface area contributed by atoms with E-state index in [0.29, 0.717) is 11.8 Å². The standard InChI is InChI=1S/C23H41N7O.HI/c1-6-24-23(25-16-18(2)17-30-20(4)15-19(3)26-30)29-13-11-27(12-14-29)21(5)22(31)28-9-7-8-10-28;/h15,18,21H,6-14,16-17H2,1-5H3,(H,24,25);1H. The molecular weight excluding hydrogens is 517 g/mol. The number of piperazine rings is 1. The van der Waals surface area contributed by atoms with Crippen molar-refractivity contribution in [3.8, 4) is 0 Å². The zero-order valence-electron chi connectivity index (χ0n) is 20.5. The van der Waals surface area contributed by atoms with E-state index in [0.717, 1.165) is 83.4 Å². The van der Waals surface area contributed by atoms with Crippen LogP contribution >= 0.6 is 24.0 Å². The molecule has 8 nitrogen and oxygen atoms in total. The van der Waals surface area contributed by atoms with Crippen molar-refractivity contribution in [3.63, 3.8) is 0 Å². The highest BCUT2D eigenvalue weighted by Crippen LogP contribution is 2.14. The Morgan fingerprint density at radius 3 is 2.31 bits per heavy atom. The summed E-state index contributed by atoms with van der Waals surface area (Å²) in [6.45, 7) is 18.5. The summed E-state index contributed by atoms with van der Waals surface area (Å²) in [5.74, 6) is 1.69. The quantitative estimate of drug-likeness (QED) is 0.316. The number of hydrogen-bond acceptors (Lipinski definition) is 4. The van der Waals surface area contributed by atoms with Gasteiger partial charge in [-0.05, 0) is 52.5 Å². The zero-order chi connectivity index (χ0) is 22.4. The molecule has 0 spiro atoms. The minimum Gasteiger partial charge on any atom is -0.357 e. The SMILES string of the molecule is CCNC(=NCC(C)Cn1nc(C)cc1C)N1CCN(C(C)C(=O)N2CCCC2)CC1.I. The molecule has 2 fully saturated rings. The molecule has 1 aromatic rings. The molecular formula is C23H42IN7O. The lowest BCUT2D eigenvalue weighted by atomic mass is 10.2. The van der Waals surface area contributed by atoms with Crippen molar-refractivity contribution in [2.24, 2.45) is 10.9 Å². The van der Waals surface area contributed by atoms with Gasteiger partial charge in [-0.25, -0.2) is 0 Å². The first-order valence-electron chi connectivity index (χ1n) is 12.0. The maximum Gasteiger partial charge on any atom is 0.239 e. The van der Waals surface area contributed by atoms with Crippen LogP contribution in [0.15, 0.2) is 11.1 Å². The molecule has 2 saturated heterocycles. The van der Waals surface area contributed by atoms with Gasteiger partial charge in [-0.3, -0.25) is 19.4 Å². The normalized spacial score (nSPS) is 19.6. The summed E-state index contributed by atoms with van der Waals surface area (Å²) < 4.78 is 2.08. The average molecular weight is 560 g/mol.